The molecule has 1 aromatic carbocycles. The summed E-state index contributed by atoms with van der Waals surface area (Å²) in [6.45, 7) is 0. The van der Waals surface area contributed by atoms with Gasteiger partial charge in [0.25, 0.3) is 0 Å². The van der Waals surface area contributed by atoms with Crippen molar-refractivity contribution < 1.29 is 19.5 Å². The Labute approximate surface area is 163 Å². The Morgan fingerprint density at radius 3 is 2.64 bits per heavy atom. The van der Waals surface area contributed by atoms with Gasteiger partial charge in [-0.2, -0.15) is 5.10 Å². The highest BCUT2D eigenvalue weighted by molar-refractivity contribution is 6.02. The number of fused-ring (bicyclic) bond motifs is 1. The number of carbonyl (C=O) groups excluding carboxylic acids is 2. The van der Waals surface area contributed by atoms with E-state index in [1.165, 1.54) is 5.56 Å². The molecule has 1 aliphatic heterocycles. The van der Waals surface area contributed by atoms with Crippen molar-refractivity contribution in [3.63, 3.8) is 0 Å². The zero-order valence-electron chi connectivity index (χ0n) is 16.0. The van der Waals surface area contributed by atoms with Gasteiger partial charge in [-0.3, -0.25) is 24.4 Å². The topological polar surface area (TPSA) is 101 Å². The molecule has 1 saturated carbocycles. The van der Waals surface area contributed by atoms with Crippen LogP contribution in [0.15, 0.2) is 18.2 Å². The molecule has 2 N–H and O–H groups in total. The van der Waals surface area contributed by atoms with Crippen molar-refractivity contribution in [3.8, 4) is 0 Å². The number of aryl methyl sites for hydroxylation is 1. The number of aliphatic carboxylic acids is 1. The standard InChI is InChI=1S/C21H25N3O4/c1-24-17-11-14(13-4-2-12(3-5-13)10-19(26)27)6-7-15(17)20(23-24)16-8-9-18(25)22-21(16)28/h6-7,11-13,16H,2-5,8-10H2,1H3,(H,26,27)(H,22,25,28)/t12-,13+,16?. The fraction of sp³-hybridized carbons (Fsp3) is 0.524. The van der Waals surface area contributed by atoms with Crippen LogP contribution < -0.4 is 5.32 Å². The van der Waals surface area contributed by atoms with Crippen LogP contribution in [-0.2, 0) is 21.4 Å². The number of hydrogen-bond acceptors (Lipinski definition) is 4. The second kappa shape index (κ2) is 7.37. The van der Waals surface area contributed by atoms with Gasteiger partial charge in [-0.25, -0.2) is 0 Å². The molecule has 7 nitrogen and oxygen atoms in total. The molecule has 2 aliphatic rings. The molecular weight excluding hydrogens is 358 g/mol. The van der Waals surface area contributed by atoms with E-state index in [4.69, 9.17) is 5.11 Å². The Kier molecular flexibility index (Phi) is 4.91. The van der Waals surface area contributed by atoms with E-state index in [0.29, 0.717) is 18.8 Å². The van der Waals surface area contributed by atoms with Gasteiger partial charge in [0.2, 0.25) is 11.8 Å². The molecule has 1 atom stereocenters. The van der Waals surface area contributed by atoms with E-state index in [-0.39, 0.29) is 24.2 Å². The molecular formula is C21H25N3O4. The monoisotopic (exact) mass is 383 g/mol. The number of carboxylic acid groups (broad SMARTS) is 1. The Hall–Kier alpha value is -2.70. The molecule has 0 radical (unpaired) electrons. The minimum Gasteiger partial charge on any atom is -0.481 e. The predicted molar refractivity (Wildman–Crippen MR) is 103 cm³/mol. The summed E-state index contributed by atoms with van der Waals surface area (Å²) in [6, 6.07) is 6.31. The van der Waals surface area contributed by atoms with E-state index >= 15 is 0 Å². The van der Waals surface area contributed by atoms with E-state index < -0.39 is 11.9 Å². The van der Waals surface area contributed by atoms with E-state index in [1.807, 2.05) is 17.8 Å². The summed E-state index contributed by atoms with van der Waals surface area (Å²) < 4.78 is 1.81. The fourth-order valence-electron chi connectivity index (χ4n) is 4.71. The number of imide groups is 1. The number of piperidine rings is 1. The minimum absolute atomic E-state index is 0.220. The number of nitrogens with zero attached hydrogens (tertiary/aromatic N) is 2. The molecule has 148 valence electrons. The van der Waals surface area contributed by atoms with Crippen LogP contribution in [0.1, 0.15) is 68.0 Å². The van der Waals surface area contributed by atoms with E-state index in [2.05, 4.69) is 22.5 Å². The summed E-state index contributed by atoms with van der Waals surface area (Å²) in [5, 5.41) is 17.0. The third kappa shape index (κ3) is 3.53. The van der Waals surface area contributed by atoms with Gasteiger partial charge >= 0.3 is 5.97 Å². The first kappa shape index (κ1) is 18.7. The Morgan fingerprint density at radius 1 is 1.21 bits per heavy atom. The highest BCUT2D eigenvalue weighted by atomic mass is 16.4. The summed E-state index contributed by atoms with van der Waals surface area (Å²) in [5.74, 6) is -0.865. The third-order valence-corrected chi connectivity index (χ3v) is 6.25. The Balaban J connectivity index is 1.56. The quantitative estimate of drug-likeness (QED) is 0.791. The zero-order chi connectivity index (χ0) is 19.8. The second-order valence-electron chi connectivity index (χ2n) is 8.10. The lowest BCUT2D eigenvalue weighted by Crippen LogP contribution is -2.39. The number of hydrogen-bond donors (Lipinski definition) is 2. The number of carbonyl (C=O) groups is 3. The van der Waals surface area contributed by atoms with Gasteiger partial charge in [0.1, 0.15) is 0 Å². The van der Waals surface area contributed by atoms with Crippen LogP contribution in [0.4, 0.5) is 0 Å². The highest BCUT2D eigenvalue weighted by Crippen LogP contribution is 2.39. The van der Waals surface area contributed by atoms with Crippen LogP contribution >= 0.6 is 0 Å². The largest absolute Gasteiger partial charge is 0.481 e. The average molecular weight is 383 g/mol. The number of rotatable bonds is 4. The van der Waals surface area contributed by atoms with Gasteiger partial charge in [-0.1, -0.05) is 12.1 Å². The van der Waals surface area contributed by atoms with Gasteiger partial charge < -0.3 is 5.11 Å². The first-order valence-corrected chi connectivity index (χ1v) is 9.94. The molecule has 7 heteroatoms. The van der Waals surface area contributed by atoms with Crippen LogP contribution in [0.25, 0.3) is 10.9 Å². The molecule has 1 aliphatic carbocycles. The lowest BCUT2D eigenvalue weighted by Gasteiger charge is -2.28. The van der Waals surface area contributed by atoms with Gasteiger partial charge in [-0.05, 0) is 55.6 Å². The summed E-state index contributed by atoms with van der Waals surface area (Å²) in [7, 11) is 1.88. The van der Waals surface area contributed by atoms with Crippen LogP contribution in [0.2, 0.25) is 0 Å². The third-order valence-electron chi connectivity index (χ3n) is 6.25. The van der Waals surface area contributed by atoms with Gasteiger partial charge in [0, 0.05) is 25.3 Å². The van der Waals surface area contributed by atoms with Crippen LogP contribution in [-0.4, -0.2) is 32.7 Å². The van der Waals surface area contributed by atoms with Crippen molar-refractivity contribution >= 4 is 28.7 Å². The number of aromatic nitrogens is 2. The Bertz CT molecular complexity index is 941. The predicted octanol–water partition coefficient (Wildman–Crippen LogP) is 2.84. The molecule has 4 rings (SSSR count). The summed E-state index contributed by atoms with van der Waals surface area (Å²) in [6.07, 6.45) is 4.99. The maximum Gasteiger partial charge on any atom is 0.303 e. The maximum absolute atomic E-state index is 12.3. The van der Waals surface area contributed by atoms with Gasteiger partial charge in [-0.15, -0.1) is 0 Å². The maximum atomic E-state index is 12.3. The molecule has 2 heterocycles. The van der Waals surface area contributed by atoms with E-state index in [9.17, 15) is 14.4 Å². The summed E-state index contributed by atoms with van der Waals surface area (Å²) in [5.41, 5.74) is 2.98. The lowest BCUT2D eigenvalue weighted by atomic mass is 9.77. The molecule has 0 spiro atoms. The summed E-state index contributed by atoms with van der Waals surface area (Å²) >= 11 is 0. The van der Waals surface area contributed by atoms with Crippen LogP contribution in [0.5, 0.6) is 0 Å². The zero-order valence-corrected chi connectivity index (χ0v) is 16.0. The van der Waals surface area contributed by atoms with Crippen molar-refractivity contribution in [2.45, 2.75) is 56.8 Å². The molecule has 1 aromatic heterocycles. The average Bonchev–Trinajstić information content (AvgIpc) is 2.98. The lowest BCUT2D eigenvalue weighted by molar-refractivity contribution is -0.138. The molecule has 28 heavy (non-hydrogen) atoms. The van der Waals surface area contributed by atoms with Gasteiger partial charge in [0.15, 0.2) is 0 Å². The highest BCUT2D eigenvalue weighted by Gasteiger charge is 2.32. The van der Waals surface area contributed by atoms with Gasteiger partial charge in [0.05, 0.1) is 17.1 Å². The van der Waals surface area contributed by atoms with Crippen molar-refractivity contribution in [1.82, 2.24) is 15.1 Å². The fourth-order valence-corrected chi connectivity index (χ4v) is 4.71. The molecule has 1 saturated heterocycles. The number of benzene rings is 1. The van der Waals surface area contributed by atoms with Crippen molar-refractivity contribution in [2.75, 3.05) is 0 Å². The smallest absolute Gasteiger partial charge is 0.303 e. The Morgan fingerprint density at radius 2 is 1.96 bits per heavy atom. The normalized spacial score (nSPS) is 25.7. The van der Waals surface area contributed by atoms with Crippen molar-refractivity contribution in [1.29, 1.82) is 0 Å². The van der Waals surface area contributed by atoms with Crippen molar-refractivity contribution in [3.05, 3.63) is 29.5 Å². The SMILES string of the molecule is Cn1nc(C2CCC(=O)NC2=O)c2ccc([C@H]3CC[C@@H](CC(=O)O)CC3)cc21. The molecule has 2 aromatic rings. The van der Waals surface area contributed by atoms with E-state index in [1.54, 1.807) is 0 Å². The molecule has 0 bridgehead atoms. The van der Waals surface area contributed by atoms with Crippen LogP contribution in [0, 0.1) is 5.92 Å². The summed E-state index contributed by atoms with van der Waals surface area (Å²) in [4.78, 5) is 34.6. The number of carboxylic acids is 1. The van der Waals surface area contributed by atoms with Crippen molar-refractivity contribution in [2.24, 2.45) is 13.0 Å². The molecule has 2 fully saturated rings. The minimum atomic E-state index is -0.708. The van der Waals surface area contributed by atoms with Crippen LogP contribution in [0.3, 0.4) is 0 Å². The number of amides is 2. The second-order valence-corrected chi connectivity index (χ2v) is 8.10. The van der Waals surface area contributed by atoms with E-state index in [0.717, 1.165) is 42.3 Å². The first-order valence-electron chi connectivity index (χ1n) is 9.94. The molecule has 1 unspecified atom stereocenters. The first-order chi connectivity index (χ1) is 13.4. The number of nitrogens with one attached hydrogen (secondary N) is 1. The molecule has 2 amide bonds.